The van der Waals surface area contributed by atoms with Crippen molar-refractivity contribution in [3.63, 3.8) is 0 Å². The molecule has 2 N–H and O–H groups in total. The third kappa shape index (κ3) is 5.92. The molecular weight excluding hydrogens is 390 g/mol. The zero-order valence-corrected chi connectivity index (χ0v) is 16.6. The first-order chi connectivity index (χ1) is 12.5. The van der Waals surface area contributed by atoms with Crippen molar-refractivity contribution in [3.05, 3.63) is 65.7 Å². The Hall–Kier alpha value is -1.63. The molecule has 1 aliphatic heterocycles. The average Bonchev–Trinajstić information content (AvgIpc) is 2.62. The van der Waals surface area contributed by atoms with E-state index in [4.69, 9.17) is 0 Å². The fourth-order valence-electron chi connectivity index (χ4n) is 3.14. The maximum atomic E-state index is 14.1. The third-order valence-corrected chi connectivity index (χ3v) is 5.76. The summed E-state index contributed by atoms with van der Waals surface area (Å²) in [5.74, 6) is -1.43. The van der Waals surface area contributed by atoms with Gasteiger partial charge in [-0.25, -0.2) is 8.78 Å². The second-order valence-electron chi connectivity index (χ2n) is 6.57. The average molecular weight is 413 g/mol. The maximum absolute atomic E-state index is 14.1. The largest absolute Gasteiger partial charge is 0.352 e. The van der Waals surface area contributed by atoms with E-state index in [1.54, 1.807) is 0 Å². The summed E-state index contributed by atoms with van der Waals surface area (Å²) in [4.78, 5) is 13.2. The Morgan fingerprint density at radius 3 is 2.63 bits per heavy atom. The second-order valence-corrected chi connectivity index (χ2v) is 7.72. The van der Waals surface area contributed by atoms with Crippen molar-refractivity contribution in [1.29, 1.82) is 0 Å². The van der Waals surface area contributed by atoms with Crippen LogP contribution < -0.4 is 10.6 Å². The highest BCUT2D eigenvalue weighted by atomic mass is 35.5. The van der Waals surface area contributed by atoms with E-state index in [-0.39, 0.29) is 29.3 Å². The Morgan fingerprint density at radius 2 is 1.96 bits per heavy atom. The summed E-state index contributed by atoms with van der Waals surface area (Å²) in [6, 6.07) is 13.2. The molecule has 2 aromatic carbocycles. The summed E-state index contributed by atoms with van der Waals surface area (Å²) in [6.07, 6.45) is 1.73. The predicted octanol–water partition coefficient (Wildman–Crippen LogP) is 4.48. The fraction of sp³-hybridized carbons (Fsp3) is 0.350. The fourth-order valence-corrected chi connectivity index (χ4v) is 4.18. The summed E-state index contributed by atoms with van der Waals surface area (Å²) >= 11 is 1.11. The molecule has 1 saturated heterocycles. The SMILES string of the molecule is CC1CC(NC(=O)C(Sc2ccc(F)cc2F)c2ccccc2)CCN1.Cl. The second kappa shape index (κ2) is 10.1. The summed E-state index contributed by atoms with van der Waals surface area (Å²) in [7, 11) is 0. The zero-order valence-electron chi connectivity index (χ0n) is 15.0. The van der Waals surface area contributed by atoms with Crippen LogP contribution in [0.2, 0.25) is 0 Å². The number of benzene rings is 2. The van der Waals surface area contributed by atoms with E-state index < -0.39 is 16.9 Å². The van der Waals surface area contributed by atoms with Crippen LogP contribution in [0.25, 0.3) is 0 Å². The number of thioether (sulfide) groups is 1. The molecule has 1 fully saturated rings. The van der Waals surface area contributed by atoms with Gasteiger partial charge in [0.25, 0.3) is 0 Å². The van der Waals surface area contributed by atoms with Crippen LogP contribution in [0.15, 0.2) is 53.4 Å². The highest BCUT2D eigenvalue weighted by Gasteiger charge is 2.27. The molecule has 3 nitrogen and oxygen atoms in total. The van der Waals surface area contributed by atoms with Crippen LogP contribution in [0.5, 0.6) is 0 Å². The molecule has 0 saturated carbocycles. The molecular formula is C20H23ClF2N2OS. The zero-order chi connectivity index (χ0) is 18.5. The van der Waals surface area contributed by atoms with E-state index in [2.05, 4.69) is 17.6 Å². The lowest BCUT2D eigenvalue weighted by atomic mass is 10.00. The van der Waals surface area contributed by atoms with Gasteiger partial charge in [0, 0.05) is 23.0 Å². The standard InChI is InChI=1S/C20H22F2N2OS.ClH/c1-13-11-16(9-10-23-13)24-20(25)19(14-5-3-2-4-6-14)26-18-8-7-15(21)12-17(18)22;/h2-8,12-13,16,19,23H,9-11H2,1H3,(H,24,25);1H. The van der Waals surface area contributed by atoms with Gasteiger partial charge in [0.2, 0.25) is 5.91 Å². The molecule has 1 aliphatic rings. The van der Waals surface area contributed by atoms with Gasteiger partial charge in [0.1, 0.15) is 16.9 Å². The number of halogens is 3. The van der Waals surface area contributed by atoms with Crippen LogP contribution in [-0.2, 0) is 4.79 Å². The quantitative estimate of drug-likeness (QED) is 0.711. The van der Waals surface area contributed by atoms with Gasteiger partial charge >= 0.3 is 0 Å². The Morgan fingerprint density at radius 1 is 1.22 bits per heavy atom. The number of rotatable bonds is 5. The van der Waals surface area contributed by atoms with Crippen LogP contribution in [0, 0.1) is 11.6 Å². The number of hydrogen-bond donors (Lipinski definition) is 2. The first kappa shape index (κ1) is 21.7. The van der Waals surface area contributed by atoms with Gasteiger partial charge in [-0.15, -0.1) is 24.2 Å². The minimum Gasteiger partial charge on any atom is -0.352 e. The van der Waals surface area contributed by atoms with Crippen molar-refractivity contribution >= 4 is 30.1 Å². The normalized spacial score (nSPS) is 20.4. The van der Waals surface area contributed by atoms with Crippen LogP contribution in [0.4, 0.5) is 8.78 Å². The third-order valence-electron chi connectivity index (χ3n) is 4.45. The lowest BCUT2D eigenvalue weighted by Gasteiger charge is -2.30. The Labute approximate surface area is 168 Å². The predicted molar refractivity (Wildman–Crippen MR) is 107 cm³/mol. The molecule has 0 spiro atoms. The number of amides is 1. The van der Waals surface area contributed by atoms with Gasteiger partial charge in [-0.3, -0.25) is 4.79 Å². The van der Waals surface area contributed by atoms with Gasteiger partial charge in [-0.05, 0) is 44.0 Å². The van der Waals surface area contributed by atoms with Crippen molar-refractivity contribution in [2.75, 3.05) is 6.54 Å². The van der Waals surface area contributed by atoms with Gasteiger partial charge in [-0.2, -0.15) is 0 Å². The Balaban J connectivity index is 0.00000261. The number of hydrogen-bond acceptors (Lipinski definition) is 3. The summed E-state index contributed by atoms with van der Waals surface area (Å²) in [5.41, 5.74) is 0.792. The molecule has 3 atom stereocenters. The minimum atomic E-state index is -0.654. The van der Waals surface area contributed by atoms with Crippen molar-refractivity contribution < 1.29 is 13.6 Å². The highest BCUT2D eigenvalue weighted by molar-refractivity contribution is 8.00. The Bertz CT molecular complexity index is 763. The lowest BCUT2D eigenvalue weighted by Crippen LogP contribution is -2.47. The number of nitrogens with one attached hydrogen (secondary N) is 2. The highest BCUT2D eigenvalue weighted by Crippen LogP contribution is 2.37. The van der Waals surface area contributed by atoms with Gasteiger partial charge in [-0.1, -0.05) is 30.3 Å². The van der Waals surface area contributed by atoms with E-state index in [1.165, 1.54) is 12.1 Å². The summed E-state index contributed by atoms with van der Waals surface area (Å²) < 4.78 is 27.3. The van der Waals surface area contributed by atoms with E-state index >= 15 is 0 Å². The smallest absolute Gasteiger partial charge is 0.238 e. The number of carbonyl (C=O) groups is 1. The van der Waals surface area contributed by atoms with Gasteiger partial charge in [0.15, 0.2) is 0 Å². The van der Waals surface area contributed by atoms with Crippen molar-refractivity contribution in [2.45, 2.75) is 42.0 Å². The molecule has 2 aromatic rings. The maximum Gasteiger partial charge on any atom is 0.238 e. The monoisotopic (exact) mass is 412 g/mol. The van der Waals surface area contributed by atoms with Crippen molar-refractivity contribution in [1.82, 2.24) is 10.6 Å². The van der Waals surface area contributed by atoms with Crippen molar-refractivity contribution in [3.8, 4) is 0 Å². The topological polar surface area (TPSA) is 41.1 Å². The molecule has 0 aromatic heterocycles. The van der Waals surface area contributed by atoms with Crippen LogP contribution in [0.1, 0.15) is 30.6 Å². The molecule has 3 unspecified atom stereocenters. The van der Waals surface area contributed by atoms with Crippen LogP contribution >= 0.6 is 24.2 Å². The first-order valence-corrected chi connectivity index (χ1v) is 9.61. The Kier molecular flexibility index (Phi) is 8.07. The molecule has 1 heterocycles. The van der Waals surface area contributed by atoms with Crippen LogP contribution in [-0.4, -0.2) is 24.5 Å². The van der Waals surface area contributed by atoms with Crippen molar-refractivity contribution in [2.24, 2.45) is 0 Å². The first-order valence-electron chi connectivity index (χ1n) is 8.73. The van der Waals surface area contributed by atoms with Crippen LogP contribution in [0.3, 0.4) is 0 Å². The number of piperidine rings is 1. The molecule has 0 bridgehead atoms. The molecule has 0 radical (unpaired) electrons. The van der Waals surface area contributed by atoms with E-state index in [0.29, 0.717) is 6.04 Å². The molecule has 27 heavy (non-hydrogen) atoms. The van der Waals surface area contributed by atoms with Gasteiger partial charge < -0.3 is 10.6 Å². The van der Waals surface area contributed by atoms with Gasteiger partial charge in [0.05, 0.1) is 0 Å². The lowest BCUT2D eigenvalue weighted by molar-refractivity contribution is -0.121. The molecule has 1 amide bonds. The summed E-state index contributed by atoms with van der Waals surface area (Å²) in [6.45, 7) is 2.96. The molecule has 3 rings (SSSR count). The van der Waals surface area contributed by atoms with E-state index in [0.717, 1.165) is 42.8 Å². The van der Waals surface area contributed by atoms with E-state index in [1.807, 2.05) is 30.3 Å². The minimum absolute atomic E-state index is 0. The molecule has 0 aliphatic carbocycles. The number of carbonyl (C=O) groups excluding carboxylic acids is 1. The molecule has 7 heteroatoms. The molecule has 146 valence electrons. The van der Waals surface area contributed by atoms with E-state index in [9.17, 15) is 13.6 Å². The summed E-state index contributed by atoms with van der Waals surface area (Å²) in [5, 5.41) is 5.86.